The summed E-state index contributed by atoms with van der Waals surface area (Å²) in [7, 11) is 0. The van der Waals surface area contributed by atoms with Gasteiger partial charge in [0.25, 0.3) is 0 Å². The van der Waals surface area contributed by atoms with Crippen LogP contribution in [-0.4, -0.2) is 6.61 Å². The van der Waals surface area contributed by atoms with Crippen LogP contribution in [0.5, 0.6) is 5.75 Å². The van der Waals surface area contributed by atoms with Gasteiger partial charge in [0, 0.05) is 6.07 Å². The van der Waals surface area contributed by atoms with Gasteiger partial charge in [-0.15, -0.1) is 6.42 Å². The van der Waals surface area contributed by atoms with E-state index in [1.807, 2.05) is 0 Å². The van der Waals surface area contributed by atoms with Gasteiger partial charge in [0.05, 0.1) is 5.56 Å². The monoisotopic (exact) mass is 167 g/mol. The Labute approximate surface area is 69.0 Å². The molecule has 0 unspecified atom stereocenters. The smallest absolute Gasteiger partial charge is 0.387 e. The highest BCUT2D eigenvalue weighted by atomic mass is 19.3. The van der Waals surface area contributed by atoms with Crippen LogP contribution in [0.15, 0.2) is 18.2 Å². The van der Waals surface area contributed by atoms with Gasteiger partial charge in [-0.25, -0.2) is 0 Å². The van der Waals surface area contributed by atoms with Gasteiger partial charge in [-0.3, -0.25) is 0 Å². The molecule has 12 heavy (non-hydrogen) atoms. The van der Waals surface area contributed by atoms with Crippen molar-refractivity contribution in [1.29, 1.82) is 0 Å². The molecule has 0 saturated carbocycles. The van der Waals surface area contributed by atoms with Crippen LogP contribution in [0.3, 0.4) is 0 Å². The van der Waals surface area contributed by atoms with E-state index >= 15 is 0 Å². The third-order valence-corrected chi connectivity index (χ3v) is 1.18. The summed E-state index contributed by atoms with van der Waals surface area (Å²) in [6, 6.07) is 7.03. The molecule has 1 rings (SSSR count). The summed E-state index contributed by atoms with van der Waals surface area (Å²) < 4.78 is 27.6. The fraction of sp³-hybridized carbons (Fsp3) is 0.111. The predicted molar refractivity (Wildman–Crippen MR) is 39.8 cm³/mol. The van der Waals surface area contributed by atoms with E-state index in [4.69, 9.17) is 6.42 Å². The first-order chi connectivity index (χ1) is 5.74. The maximum absolute atomic E-state index is 11.7. The summed E-state index contributed by atoms with van der Waals surface area (Å²) in [5.74, 6) is 2.17. The molecule has 1 aromatic rings. The van der Waals surface area contributed by atoms with Crippen LogP contribution in [0.1, 0.15) is 5.56 Å². The zero-order valence-electron chi connectivity index (χ0n) is 6.05. The molecular formula is C9H5F2O. The molecule has 1 aromatic carbocycles. The molecule has 0 aliphatic rings. The fourth-order valence-electron chi connectivity index (χ4n) is 0.728. The summed E-state index contributed by atoms with van der Waals surface area (Å²) in [6.45, 7) is -2.85. The van der Waals surface area contributed by atoms with E-state index < -0.39 is 6.61 Å². The SMILES string of the molecule is C#Cc1[c]cccc1OC(F)F. The van der Waals surface area contributed by atoms with Crippen LogP contribution in [0.2, 0.25) is 0 Å². The van der Waals surface area contributed by atoms with Gasteiger partial charge in [-0.2, -0.15) is 8.78 Å². The molecule has 0 N–H and O–H groups in total. The Bertz CT molecular complexity index is 302. The van der Waals surface area contributed by atoms with Gasteiger partial charge >= 0.3 is 6.61 Å². The molecule has 1 nitrogen and oxygen atoms in total. The Morgan fingerprint density at radius 3 is 2.92 bits per heavy atom. The topological polar surface area (TPSA) is 9.23 Å². The summed E-state index contributed by atoms with van der Waals surface area (Å²) in [6.07, 6.45) is 5.02. The molecular weight excluding hydrogens is 162 g/mol. The van der Waals surface area contributed by atoms with E-state index in [9.17, 15) is 8.78 Å². The zero-order valence-corrected chi connectivity index (χ0v) is 6.05. The second-order valence-electron chi connectivity index (χ2n) is 1.93. The Hall–Kier alpha value is -1.56. The van der Waals surface area contributed by atoms with Crippen molar-refractivity contribution in [3.63, 3.8) is 0 Å². The standard InChI is InChI=1S/C9H5F2O/c1-2-7-5-3-4-6-8(7)12-9(10)11/h1,3-4,6,9H. The predicted octanol–water partition coefficient (Wildman–Crippen LogP) is 2.07. The molecule has 0 aliphatic carbocycles. The second kappa shape index (κ2) is 3.72. The average molecular weight is 167 g/mol. The fourth-order valence-corrected chi connectivity index (χ4v) is 0.728. The summed E-state index contributed by atoms with van der Waals surface area (Å²) in [5, 5.41) is 0. The number of ether oxygens (including phenoxy) is 1. The molecule has 0 bridgehead atoms. The quantitative estimate of drug-likeness (QED) is 0.612. The van der Waals surface area contributed by atoms with E-state index in [0.717, 1.165) is 0 Å². The van der Waals surface area contributed by atoms with Crippen molar-refractivity contribution in [2.75, 3.05) is 0 Å². The minimum atomic E-state index is -2.85. The Kier molecular flexibility index (Phi) is 2.65. The second-order valence-corrected chi connectivity index (χ2v) is 1.93. The Morgan fingerprint density at radius 2 is 2.33 bits per heavy atom. The van der Waals surface area contributed by atoms with E-state index in [1.165, 1.54) is 18.2 Å². The third kappa shape index (κ3) is 1.96. The average Bonchev–Trinajstić information content (AvgIpc) is 2.04. The molecule has 61 valence electrons. The number of alkyl halides is 2. The van der Waals surface area contributed by atoms with Crippen molar-refractivity contribution in [1.82, 2.24) is 0 Å². The normalized spacial score (nSPS) is 9.50. The van der Waals surface area contributed by atoms with Crippen LogP contribution in [-0.2, 0) is 0 Å². The number of halogens is 2. The first kappa shape index (κ1) is 8.54. The molecule has 3 heteroatoms. The number of benzene rings is 1. The van der Waals surface area contributed by atoms with Gasteiger partial charge in [0.2, 0.25) is 0 Å². The third-order valence-electron chi connectivity index (χ3n) is 1.18. The van der Waals surface area contributed by atoms with Gasteiger partial charge < -0.3 is 4.74 Å². The van der Waals surface area contributed by atoms with Gasteiger partial charge in [-0.05, 0) is 6.07 Å². The molecule has 0 heterocycles. The number of terminal acetylenes is 1. The number of hydrogen-bond acceptors (Lipinski definition) is 1. The lowest BCUT2D eigenvalue weighted by molar-refractivity contribution is -0.0500. The van der Waals surface area contributed by atoms with Crippen molar-refractivity contribution in [2.24, 2.45) is 0 Å². The van der Waals surface area contributed by atoms with Crippen molar-refractivity contribution in [2.45, 2.75) is 6.61 Å². The van der Waals surface area contributed by atoms with Crippen LogP contribution >= 0.6 is 0 Å². The van der Waals surface area contributed by atoms with Crippen molar-refractivity contribution >= 4 is 0 Å². The number of rotatable bonds is 2. The van der Waals surface area contributed by atoms with E-state index in [1.54, 1.807) is 0 Å². The van der Waals surface area contributed by atoms with Crippen LogP contribution in [0, 0.1) is 18.4 Å². The zero-order chi connectivity index (χ0) is 8.97. The maximum atomic E-state index is 11.7. The molecule has 0 amide bonds. The van der Waals surface area contributed by atoms with Crippen LogP contribution in [0.4, 0.5) is 8.78 Å². The van der Waals surface area contributed by atoms with Gasteiger partial charge in [0.1, 0.15) is 5.75 Å². The molecule has 0 aliphatic heterocycles. The van der Waals surface area contributed by atoms with E-state index in [0.29, 0.717) is 0 Å². The summed E-state index contributed by atoms with van der Waals surface area (Å²) in [4.78, 5) is 0. The van der Waals surface area contributed by atoms with Crippen molar-refractivity contribution in [3.05, 3.63) is 29.8 Å². The largest absolute Gasteiger partial charge is 0.433 e. The molecule has 0 atom stereocenters. The molecule has 0 saturated heterocycles. The first-order valence-corrected chi connectivity index (χ1v) is 3.16. The molecule has 0 fully saturated rings. The van der Waals surface area contributed by atoms with E-state index in [-0.39, 0.29) is 11.3 Å². The molecule has 0 spiro atoms. The molecule has 0 aromatic heterocycles. The highest BCUT2D eigenvalue weighted by Gasteiger charge is 2.06. The summed E-state index contributed by atoms with van der Waals surface area (Å²) in [5.41, 5.74) is 0.206. The summed E-state index contributed by atoms with van der Waals surface area (Å²) >= 11 is 0. The Morgan fingerprint density at radius 1 is 1.58 bits per heavy atom. The van der Waals surface area contributed by atoms with Crippen molar-refractivity contribution in [3.8, 4) is 18.1 Å². The van der Waals surface area contributed by atoms with Crippen LogP contribution in [0.25, 0.3) is 0 Å². The number of hydrogen-bond donors (Lipinski definition) is 0. The van der Waals surface area contributed by atoms with Crippen LogP contribution < -0.4 is 4.74 Å². The van der Waals surface area contributed by atoms with Gasteiger partial charge in [-0.1, -0.05) is 18.1 Å². The lowest BCUT2D eigenvalue weighted by Gasteiger charge is -2.04. The molecule has 1 radical (unpaired) electrons. The lowest BCUT2D eigenvalue weighted by Crippen LogP contribution is -2.03. The lowest BCUT2D eigenvalue weighted by atomic mass is 10.2. The van der Waals surface area contributed by atoms with Crippen molar-refractivity contribution < 1.29 is 13.5 Å². The highest BCUT2D eigenvalue weighted by Crippen LogP contribution is 2.17. The minimum Gasteiger partial charge on any atom is -0.433 e. The minimum absolute atomic E-state index is 0.0185. The Balaban J connectivity index is 2.91. The maximum Gasteiger partial charge on any atom is 0.387 e. The first-order valence-electron chi connectivity index (χ1n) is 3.16. The van der Waals surface area contributed by atoms with E-state index in [2.05, 4.69) is 16.7 Å². The van der Waals surface area contributed by atoms with Gasteiger partial charge in [0.15, 0.2) is 0 Å². The highest BCUT2D eigenvalue weighted by molar-refractivity contribution is 5.43.